The Morgan fingerprint density at radius 1 is 1.69 bits per heavy atom. The highest BCUT2D eigenvalue weighted by molar-refractivity contribution is 7.09. The summed E-state index contributed by atoms with van der Waals surface area (Å²) < 4.78 is 1.31. The fourth-order valence-corrected chi connectivity index (χ4v) is 2.27. The van der Waals surface area contributed by atoms with Crippen LogP contribution in [0.5, 0.6) is 0 Å². The first-order valence-corrected chi connectivity index (χ1v) is 5.54. The minimum Gasteiger partial charge on any atom is -0.476 e. The highest BCUT2D eigenvalue weighted by Crippen LogP contribution is 2.21. The van der Waals surface area contributed by atoms with Crippen LogP contribution < -0.4 is 5.73 Å². The van der Waals surface area contributed by atoms with Crippen molar-refractivity contribution in [3.05, 3.63) is 33.8 Å². The zero-order valence-corrected chi connectivity index (χ0v) is 9.49. The summed E-state index contributed by atoms with van der Waals surface area (Å²) in [5.74, 6) is -1.05. The number of carboxylic acids is 1. The number of carboxylic acid groups (broad SMARTS) is 1. The number of anilines is 1. The van der Waals surface area contributed by atoms with Crippen LogP contribution >= 0.6 is 11.3 Å². The molecule has 0 bridgehead atoms. The number of aryl methyl sites for hydroxylation is 1. The number of nitrogens with zero attached hydrogens (tertiary/aromatic N) is 2. The molecule has 16 heavy (non-hydrogen) atoms. The third-order valence-electron chi connectivity index (χ3n) is 2.28. The Morgan fingerprint density at radius 2 is 2.44 bits per heavy atom. The summed E-state index contributed by atoms with van der Waals surface area (Å²) in [5, 5.41) is 15.0. The molecule has 0 radical (unpaired) electrons. The molecule has 2 aromatic rings. The number of carbonyl (C=O) groups is 1. The van der Waals surface area contributed by atoms with E-state index < -0.39 is 5.97 Å². The minimum absolute atomic E-state index is 0.0477. The molecule has 0 spiro atoms. The number of aromatic nitrogens is 2. The molecule has 2 heterocycles. The van der Waals surface area contributed by atoms with Crippen LogP contribution in [0.1, 0.15) is 21.1 Å². The van der Waals surface area contributed by atoms with Crippen molar-refractivity contribution in [2.24, 2.45) is 7.05 Å². The lowest BCUT2D eigenvalue weighted by atomic mass is 10.2. The van der Waals surface area contributed by atoms with E-state index in [1.807, 2.05) is 17.5 Å². The molecular weight excluding hydrogens is 226 g/mol. The van der Waals surface area contributed by atoms with E-state index in [1.165, 1.54) is 4.68 Å². The van der Waals surface area contributed by atoms with Gasteiger partial charge in [-0.25, -0.2) is 4.79 Å². The quantitative estimate of drug-likeness (QED) is 0.844. The summed E-state index contributed by atoms with van der Waals surface area (Å²) in [6.07, 6.45) is 0.574. The molecule has 0 unspecified atom stereocenters. The van der Waals surface area contributed by atoms with Gasteiger partial charge in [0.05, 0.1) is 11.4 Å². The molecule has 0 aliphatic heterocycles. The summed E-state index contributed by atoms with van der Waals surface area (Å²) in [5.41, 5.74) is 6.68. The lowest BCUT2D eigenvalue weighted by molar-refractivity contribution is 0.0686. The van der Waals surface area contributed by atoms with Gasteiger partial charge in [0.2, 0.25) is 0 Å². The summed E-state index contributed by atoms with van der Waals surface area (Å²) >= 11 is 1.60. The van der Waals surface area contributed by atoms with Crippen LogP contribution in [0.2, 0.25) is 0 Å². The van der Waals surface area contributed by atoms with Gasteiger partial charge >= 0.3 is 5.97 Å². The smallest absolute Gasteiger partial charge is 0.356 e. The highest BCUT2D eigenvalue weighted by atomic mass is 32.1. The van der Waals surface area contributed by atoms with Gasteiger partial charge in [-0.1, -0.05) is 6.07 Å². The second-order valence-electron chi connectivity index (χ2n) is 3.39. The molecule has 5 nitrogen and oxygen atoms in total. The van der Waals surface area contributed by atoms with Gasteiger partial charge in [-0.2, -0.15) is 5.10 Å². The monoisotopic (exact) mass is 237 g/mol. The fourth-order valence-electron chi connectivity index (χ4n) is 1.56. The first-order valence-electron chi connectivity index (χ1n) is 4.66. The van der Waals surface area contributed by atoms with Crippen molar-refractivity contribution in [3.8, 4) is 0 Å². The lowest BCUT2D eigenvalue weighted by Gasteiger charge is -1.95. The van der Waals surface area contributed by atoms with E-state index in [1.54, 1.807) is 18.4 Å². The van der Waals surface area contributed by atoms with Crippen molar-refractivity contribution >= 4 is 23.0 Å². The summed E-state index contributed by atoms with van der Waals surface area (Å²) in [4.78, 5) is 12.0. The third kappa shape index (κ3) is 1.79. The van der Waals surface area contributed by atoms with Crippen molar-refractivity contribution in [2.75, 3.05) is 5.73 Å². The van der Waals surface area contributed by atoms with Crippen LogP contribution in [0, 0.1) is 0 Å². The van der Waals surface area contributed by atoms with Crippen molar-refractivity contribution in [1.29, 1.82) is 0 Å². The number of nitrogen functional groups attached to an aromatic ring is 1. The second kappa shape index (κ2) is 3.97. The Bertz CT molecular complexity index is 516. The largest absolute Gasteiger partial charge is 0.476 e. The zero-order valence-electron chi connectivity index (χ0n) is 8.67. The van der Waals surface area contributed by atoms with Gasteiger partial charge in [0.25, 0.3) is 0 Å². The van der Waals surface area contributed by atoms with Crippen LogP contribution in [0.25, 0.3) is 0 Å². The van der Waals surface area contributed by atoms with E-state index in [9.17, 15) is 4.79 Å². The van der Waals surface area contributed by atoms with E-state index >= 15 is 0 Å². The SMILES string of the molecule is Cn1nc(Cc2cccs2)c(N)c1C(=O)O. The molecule has 0 aromatic carbocycles. The molecule has 0 saturated carbocycles. The third-order valence-corrected chi connectivity index (χ3v) is 3.16. The average Bonchev–Trinajstić information content (AvgIpc) is 2.76. The van der Waals surface area contributed by atoms with Crippen molar-refractivity contribution in [2.45, 2.75) is 6.42 Å². The summed E-state index contributed by atoms with van der Waals surface area (Å²) in [7, 11) is 1.58. The van der Waals surface area contributed by atoms with E-state index in [2.05, 4.69) is 5.10 Å². The van der Waals surface area contributed by atoms with Crippen LogP contribution in [0.4, 0.5) is 5.69 Å². The fraction of sp³-hybridized carbons (Fsp3) is 0.200. The second-order valence-corrected chi connectivity index (χ2v) is 4.43. The standard InChI is InChI=1S/C10H11N3O2S/c1-13-9(10(14)15)8(11)7(12-13)5-6-3-2-4-16-6/h2-4H,5,11H2,1H3,(H,14,15). The first kappa shape index (κ1) is 10.7. The van der Waals surface area contributed by atoms with Crippen LogP contribution in [0.3, 0.4) is 0 Å². The van der Waals surface area contributed by atoms with Crippen molar-refractivity contribution in [1.82, 2.24) is 9.78 Å². The Hall–Kier alpha value is -1.82. The number of aromatic carboxylic acids is 1. The highest BCUT2D eigenvalue weighted by Gasteiger charge is 2.19. The predicted octanol–water partition coefficient (Wildman–Crippen LogP) is 1.35. The van der Waals surface area contributed by atoms with E-state index in [0.717, 1.165) is 4.88 Å². The molecule has 2 aromatic heterocycles. The van der Waals surface area contributed by atoms with Gasteiger partial charge in [0, 0.05) is 18.3 Å². The molecule has 6 heteroatoms. The number of rotatable bonds is 3. The van der Waals surface area contributed by atoms with Gasteiger partial charge < -0.3 is 10.8 Å². The molecule has 84 valence electrons. The van der Waals surface area contributed by atoms with Crippen LogP contribution in [-0.2, 0) is 13.5 Å². The Labute approximate surface area is 96.1 Å². The number of nitrogens with two attached hydrogens (primary N) is 1. The molecule has 3 N–H and O–H groups in total. The number of hydrogen-bond acceptors (Lipinski definition) is 4. The normalized spacial score (nSPS) is 10.6. The lowest BCUT2D eigenvalue weighted by Crippen LogP contribution is -2.07. The average molecular weight is 237 g/mol. The minimum atomic E-state index is -1.05. The zero-order chi connectivity index (χ0) is 11.7. The maximum absolute atomic E-state index is 10.9. The maximum Gasteiger partial charge on any atom is 0.356 e. The van der Waals surface area contributed by atoms with Gasteiger partial charge in [-0.05, 0) is 11.4 Å². The van der Waals surface area contributed by atoms with Crippen LogP contribution in [-0.4, -0.2) is 20.9 Å². The number of thiophene rings is 1. The molecule has 0 fully saturated rings. The topological polar surface area (TPSA) is 81.1 Å². The van der Waals surface area contributed by atoms with Crippen LogP contribution in [0.15, 0.2) is 17.5 Å². The predicted molar refractivity (Wildman–Crippen MR) is 61.7 cm³/mol. The molecular formula is C10H11N3O2S. The van der Waals surface area contributed by atoms with Gasteiger partial charge in [-0.3, -0.25) is 4.68 Å². The Morgan fingerprint density at radius 3 is 2.94 bits per heavy atom. The van der Waals surface area contributed by atoms with E-state index in [4.69, 9.17) is 10.8 Å². The molecule has 0 aliphatic carbocycles. The molecule has 0 atom stereocenters. The van der Waals surface area contributed by atoms with Crippen molar-refractivity contribution < 1.29 is 9.90 Å². The van der Waals surface area contributed by atoms with Gasteiger partial charge in [-0.15, -0.1) is 11.3 Å². The first-order chi connectivity index (χ1) is 7.59. The Balaban J connectivity index is 2.36. The summed E-state index contributed by atoms with van der Waals surface area (Å²) in [6.45, 7) is 0. The number of hydrogen-bond donors (Lipinski definition) is 2. The molecule has 2 rings (SSSR count). The van der Waals surface area contributed by atoms with E-state index in [-0.39, 0.29) is 11.4 Å². The summed E-state index contributed by atoms with van der Waals surface area (Å²) in [6, 6.07) is 3.91. The van der Waals surface area contributed by atoms with Gasteiger partial charge in [0.15, 0.2) is 5.69 Å². The van der Waals surface area contributed by atoms with E-state index in [0.29, 0.717) is 12.1 Å². The Kier molecular flexibility index (Phi) is 2.66. The van der Waals surface area contributed by atoms with Gasteiger partial charge in [0.1, 0.15) is 0 Å². The molecule has 0 amide bonds. The molecule has 0 saturated heterocycles. The maximum atomic E-state index is 10.9. The van der Waals surface area contributed by atoms with Crippen molar-refractivity contribution in [3.63, 3.8) is 0 Å². The molecule has 0 aliphatic rings.